The lowest BCUT2D eigenvalue weighted by Crippen LogP contribution is -2.24. The highest BCUT2D eigenvalue weighted by Gasteiger charge is 2.03. The molecular formula is C12H17N5O. The summed E-state index contributed by atoms with van der Waals surface area (Å²) in [7, 11) is 5.65. The predicted molar refractivity (Wildman–Crippen MR) is 69.7 cm³/mol. The molecule has 0 radical (unpaired) electrons. The average molecular weight is 247 g/mol. The summed E-state index contributed by atoms with van der Waals surface area (Å²) in [6, 6.07) is 1.59. The van der Waals surface area contributed by atoms with Crippen LogP contribution in [-0.2, 0) is 20.0 Å². The maximum absolute atomic E-state index is 11.8. The van der Waals surface area contributed by atoms with Gasteiger partial charge >= 0.3 is 0 Å². The van der Waals surface area contributed by atoms with Crippen LogP contribution in [-0.4, -0.2) is 33.7 Å². The molecule has 0 aliphatic rings. The van der Waals surface area contributed by atoms with E-state index in [0.717, 1.165) is 17.7 Å². The molecule has 0 fully saturated rings. The largest absolute Gasteiger partial charge is 0.376 e. The zero-order chi connectivity index (χ0) is 13.1. The predicted octanol–water partition coefficient (Wildman–Crippen LogP) is 0.285. The van der Waals surface area contributed by atoms with Crippen LogP contribution in [0.5, 0.6) is 0 Å². The number of hydrogen-bond donors (Lipinski definition) is 0. The van der Waals surface area contributed by atoms with Crippen molar-refractivity contribution in [3.63, 3.8) is 0 Å². The molecule has 2 aromatic heterocycles. The van der Waals surface area contributed by atoms with Gasteiger partial charge in [0.15, 0.2) is 0 Å². The molecule has 0 aliphatic heterocycles. The SMILES string of the molecule is CN(C)c1cnn(CCc2cnn(C)c2)c(=O)c1. The van der Waals surface area contributed by atoms with Crippen LogP contribution in [0.25, 0.3) is 0 Å². The van der Waals surface area contributed by atoms with Crippen LogP contribution < -0.4 is 10.5 Å². The van der Waals surface area contributed by atoms with Gasteiger partial charge in [-0.15, -0.1) is 0 Å². The van der Waals surface area contributed by atoms with Crippen LogP contribution in [0.15, 0.2) is 29.5 Å². The first-order valence-electron chi connectivity index (χ1n) is 5.78. The highest BCUT2D eigenvalue weighted by molar-refractivity contribution is 5.40. The third-order valence-corrected chi connectivity index (χ3v) is 2.74. The van der Waals surface area contributed by atoms with Crippen molar-refractivity contribution in [2.45, 2.75) is 13.0 Å². The summed E-state index contributed by atoms with van der Waals surface area (Å²) in [5.41, 5.74) is 1.84. The molecule has 0 N–H and O–H groups in total. The Bertz CT molecular complexity index is 584. The molecule has 6 heteroatoms. The van der Waals surface area contributed by atoms with Gasteiger partial charge in [0, 0.05) is 40.0 Å². The van der Waals surface area contributed by atoms with Crippen molar-refractivity contribution in [3.8, 4) is 0 Å². The van der Waals surface area contributed by atoms with Crippen molar-refractivity contribution in [3.05, 3.63) is 40.6 Å². The topological polar surface area (TPSA) is 56.0 Å². The van der Waals surface area contributed by atoms with Crippen LogP contribution in [0, 0.1) is 0 Å². The molecule has 0 amide bonds. The summed E-state index contributed by atoms with van der Waals surface area (Å²) in [6.07, 6.45) is 6.20. The second-order valence-corrected chi connectivity index (χ2v) is 4.44. The molecule has 2 rings (SSSR count). The molecule has 0 unspecified atom stereocenters. The number of nitrogens with zero attached hydrogens (tertiary/aromatic N) is 5. The molecule has 18 heavy (non-hydrogen) atoms. The first-order chi connectivity index (χ1) is 8.56. The summed E-state index contributed by atoms with van der Waals surface area (Å²) in [4.78, 5) is 13.7. The van der Waals surface area contributed by atoms with E-state index in [1.165, 1.54) is 4.68 Å². The van der Waals surface area contributed by atoms with Crippen molar-refractivity contribution in [2.24, 2.45) is 7.05 Å². The molecule has 6 nitrogen and oxygen atoms in total. The Hall–Kier alpha value is -2.11. The lowest BCUT2D eigenvalue weighted by atomic mass is 10.2. The van der Waals surface area contributed by atoms with E-state index in [-0.39, 0.29) is 5.56 Å². The quantitative estimate of drug-likeness (QED) is 0.779. The molecule has 0 aromatic carbocycles. The van der Waals surface area contributed by atoms with Crippen LogP contribution in [0.2, 0.25) is 0 Å². The molecule has 0 aliphatic carbocycles. The Morgan fingerprint density at radius 1 is 1.28 bits per heavy atom. The van der Waals surface area contributed by atoms with E-state index in [4.69, 9.17) is 0 Å². The van der Waals surface area contributed by atoms with Gasteiger partial charge in [-0.3, -0.25) is 9.48 Å². The number of anilines is 1. The Labute approximate surface area is 105 Å². The molecule has 0 bridgehead atoms. The third kappa shape index (κ3) is 2.77. The Kier molecular flexibility index (Phi) is 3.45. The number of aryl methyl sites for hydroxylation is 3. The van der Waals surface area contributed by atoms with E-state index in [1.807, 2.05) is 32.2 Å². The zero-order valence-corrected chi connectivity index (χ0v) is 10.9. The summed E-state index contributed by atoms with van der Waals surface area (Å²) < 4.78 is 3.22. The number of rotatable bonds is 4. The molecule has 0 saturated carbocycles. The second kappa shape index (κ2) is 5.03. The minimum Gasteiger partial charge on any atom is -0.376 e. The Morgan fingerprint density at radius 2 is 2.06 bits per heavy atom. The number of hydrogen-bond acceptors (Lipinski definition) is 4. The Morgan fingerprint density at radius 3 is 2.61 bits per heavy atom. The fourth-order valence-corrected chi connectivity index (χ4v) is 1.67. The van der Waals surface area contributed by atoms with Gasteiger partial charge < -0.3 is 4.90 Å². The van der Waals surface area contributed by atoms with E-state index in [0.29, 0.717) is 6.54 Å². The lowest BCUT2D eigenvalue weighted by Gasteiger charge is -2.12. The minimum absolute atomic E-state index is 0.0786. The van der Waals surface area contributed by atoms with Gasteiger partial charge in [0.1, 0.15) is 0 Å². The fourth-order valence-electron chi connectivity index (χ4n) is 1.67. The van der Waals surface area contributed by atoms with Crippen LogP contribution in [0.4, 0.5) is 5.69 Å². The number of aromatic nitrogens is 4. The Balaban J connectivity index is 2.08. The van der Waals surface area contributed by atoms with Gasteiger partial charge in [0.25, 0.3) is 5.56 Å². The van der Waals surface area contributed by atoms with Crippen LogP contribution in [0.1, 0.15) is 5.56 Å². The van der Waals surface area contributed by atoms with Gasteiger partial charge in [-0.2, -0.15) is 10.2 Å². The first kappa shape index (κ1) is 12.3. The van der Waals surface area contributed by atoms with Gasteiger partial charge in [0.2, 0.25) is 0 Å². The third-order valence-electron chi connectivity index (χ3n) is 2.74. The van der Waals surface area contributed by atoms with Gasteiger partial charge in [-0.05, 0) is 12.0 Å². The van der Waals surface area contributed by atoms with Crippen molar-refractivity contribution < 1.29 is 0 Å². The molecule has 0 spiro atoms. The van der Waals surface area contributed by atoms with E-state index < -0.39 is 0 Å². The summed E-state index contributed by atoms with van der Waals surface area (Å²) in [5, 5.41) is 8.25. The monoisotopic (exact) mass is 247 g/mol. The van der Waals surface area contributed by atoms with E-state index >= 15 is 0 Å². The zero-order valence-electron chi connectivity index (χ0n) is 10.9. The molecule has 2 heterocycles. The standard InChI is InChI=1S/C12H17N5O/c1-15(2)11-6-12(18)17(14-8-11)5-4-10-7-13-16(3)9-10/h6-9H,4-5H2,1-3H3. The highest BCUT2D eigenvalue weighted by atomic mass is 16.1. The van der Waals surface area contributed by atoms with Gasteiger partial charge in [0.05, 0.1) is 18.1 Å². The minimum atomic E-state index is -0.0786. The van der Waals surface area contributed by atoms with Gasteiger partial charge in [-0.1, -0.05) is 0 Å². The van der Waals surface area contributed by atoms with Crippen LogP contribution >= 0.6 is 0 Å². The van der Waals surface area contributed by atoms with E-state index in [2.05, 4.69) is 10.2 Å². The molecular weight excluding hydrogens is 230 g/mol. The molecule has 0 saturated heterocycles. The summed E-state index contributed by atoms with van der Waals surface area (Å²) >= 11 is 0. The van der Waals surface area contributed by atoms with E-state index in [9.17, 15) is 4.79 Å². The van der Waals surface area contributed by atoms with Crippen molar-refractivity contribution in [2.75, 3.05) is 19.0 Å². The molecule has 0 atom stereocenters. The van der Waals surface area contributed by atoms with E-state index in [1.54, 1.807) is 23.1 Å². The fraction of sp³-hybridized carbons (Fsp3) is 0.417. The maximum atomic E-state index is 11.8. The molecule has 2 aromatic rings. The summed E-state index contributed by atoms with van der Waals surface area (Å²) in [5.74, 6) is 0. The average Bonchev–Trinajstić information content (AvgIpc) is 2.73. The van der Waals surface area contributed by atoms with Crippen molar-refractivity contribution in [1.82, 2.24) is 19.6 Å². The lowest BCUT2D eigenvalue weighted by molar-refractivity contribution is 0.577. The van der Waals surface area contributed by atoms with Crippen molar-refractivity contribution in [1.29, 1.82) is 0 Å². The molecule has 96 valence electrons. The summed E-state index contributed by atoms with van der Waals surface area (Å²) in [6.45, 7) is 0.568. The van der Waals surface area contributed by atoms with Gasteiger partial charge in [-0.25, -0.2) is 4.68 Å². The second-order valence-electron chi connectivity index (χ2n) is 4.44. The smallest absolute Gasteiger partial charge is 0.268 e. The highest BCUT2D eigenvalue weighted by Crippen LogP contribution is 2.04. The van der Waals surface area contributed by atoms with Crippen LogP contribution in [0.3, 0.4) is 0 Å². The maximum Gasteiger partial charge on any atom is 0.268 e. The first-order valence-corrected chi connectivity index (χ1v) is 5.78. The normalized spacial score (nSPS) is 10.6. The van der Waals surface area contributed by atoms with Crippen molar-refractivity contribution >= 4 is 5.69 Å².